The molecular weight excluding hydrogens is 445 g/mol. The van der Waals surface area contributed by atoms with E-state index < -0.39 is 6.04 Å². The Balaban J connectivity index is 1.61. The normalized spacial score (nSPS) is 18.1. The van der Waals surface area contributed by atoms with Gasteiger partial charge in [-0.15, -0.1) is 0 Å². The Kier molecular flexibility index (Phi) is 5.41. The molecule has 1 N–H and O–H groups in total. The van der Waals surface area contributed by atoms with Crippen molar-refractivity contribution in [2.45, 2.75) is 19.0 Å². The van der Waals surface area contributed by atoms with Crippen LogP contribution in [0.25, 0.3) is 11.3 Å². The number of thiocarbonyl (C=S) groups is 1. The average Bonchev–Trinajstić information content (AvgIpc) is 3.41. The van der Waals surface area contributed by atoms with Crippen molar-refractivity contribution in [3.05, 3.63) is 107 Å². The number of hydrogen-bond acceptors (Lipinski definition) is 3. The molecule has 2 atom stereocenters. The Morgan fingerprint density at radius 1 is 1.06 bits per heavy atom. The van der Waals surface area contributed by atoms with E-state index in [4.69, 9.17) is 28.2 Å². The molecule has 1 aliphatic heterocycles. The Hall–Kier alpha value is -3.22. The molecule has 3 heterocycles. The van der Waals surface area contributed by atoms with Gasteiger partial charge in [0.15, 0.2) is 5.11 Å². The zero-order chi connectivity index (χ0) is 22.2. The summed E-state index contributed by atoms with van der Waals surface area (Å²) >= 11 is 11.9. The summed E-state index contributed by atoms with van der Waals surface area (Å²) in [7, 11) is 0. The highest BCUT2D eigenvalue weighted by atomic mass is 35.5. The van der Waals surface area contributed by atoms with Crippen LogP contribution in [0.4, 0.5) is 10.1 Å². The van der Waals surface area contributed by atoms with Crippen LogP contribution in [-0.2, 0) is 0 Å². The molecule has 32 heavy (non-hydrogen) atoms. The van der Waals surface area contributed by atoms with Gasteiger partial charge in [-0.1, -0.05) is 41.9 Å². The second-order valence-corrected chi connectivity index (χ2v) is 8.41. The van der Waals surface area contributed by atoms with Crippen molar-refractivity contribution in [3.8, 4) is 11.3 Å². The smallest absolute Gasteiger partial charge is 0.174 e. The number of rotatable bonds is 4. The number of aromatic nitrogens is 1. The standard InChI is InChI=1S/C25H19ClFN3OS/c1-15-9-10-16(14-17(15)26)21-11-12-22(31-21)24-23(19-7-4-5-13-28-19)29-25(32)30(24)20-8-3-2-6-18(20)27/h2-14,23-24H,1H3,(H,29,32)/t23-,24-/m0/s1. The highest BCUT2D eigenvalue weighted by Crippen LogP contribution is 2.43. The topological polar surface area (TPSA) is 41.3 Å². The maximum atomic E-state index is 14.8. The first-order chi connectivity index (χ1) is 15.5. The molecule has 4 aromatic rings. The van der Waals surface area contributed by atoms with E-state index >= 15 is 0 Å². The molecule has 4 nitrogen and oxygen atoms in total. The predicted molar refractivity (Wildman–Crippen MR) is 128 cm³/mol. The van der Waals surface area contributed by atoms with Crippen molar-refractivity contribution < 1.29 is 8.81 Å². The van der Waals surface area contributed by atoms with Crippen LogP contribution >= 0.6 is 23.8 Å². The zero-order valence-corrected chi connectivity index (χ0v) is 18.7. The third-order valence-electron chi connectivity index (χ3n) is 5.58. The highest BCUT2D eigenvalue weighted by molar-refractivity contribution is 7.80. The molecule has 0 aliphatic carbocycles. The summed E-state index contributed by atoms with van der Waals surface area (Å²) in [5.41, 5.74) is 3.03. The summed E-state index contributed by atoms with van der Waals surface area (Å²) in [6, 6.07) is 21.1. The van der Waals surface area contributed by atoms with Gasteiger partial charge in [0, 0.05) is 16.8 Å². The summed E-state index contributed by atoms with van der Waals surface area (Å²) < 4.78 is 21.1. The monoisotopic (exact) mass is 463 g/mol. The van der Waals surface area contributed by atoms with E-state index in [-0.39, 0.29) is 11.9 Å². The first-order valence-corrected chi connectivity index (χ1v) is 10.9. The number of pyridine rings is 1. The average molecular weight is 464 g/mol. The van der Waals surface area contributed by atoms with Crippen LogP contribution < -0.4 is 10.2 Å². The fraction of sp³-hybridized carbons (Fsp3) is 0.120. The lowest BCUT2D eigenvalue weighted by molar-refractivity contribution is 0.438. The molecule has 160 valence electrons. The molecular formula is C25H19ClFN3OS. The molecule has 2 aromatic carbocycles. The van der Waals surface area contributed by atoms with E-state index in [0.29, 0.717) is 27.3 Å². The fourth-order valence-corrected chi connectivity index (χ4v) is 4.48. The molecule has 1 aliphatic rings. The molecule has 1 saturated heterocycles. The summed E-state index contributed by atoms with van der Waals surface area (Å²) in [6.07, 6.45) is 1.73. The van der Waals surface area contributed by atoms with Crippen molar-refractivity contribution >= 4 is 34.6 Å². The molecule has 0 amide bonds. The van der Waals surface area contributed by atoms with Gasteiger partial charge >= 0.3 is 0 Å². The number of anilines is 1. The number of halogens is 2. The van der Waals surface area contributed by atoms with Gasteiger partial charge in [-0.25, -0.2) is 4.39 Å². The van der Waals surface area contributed by atoms with E-state index in [1.54, 1.807) is 29.3 Å². The van der Waals surface area contributed by atoms with Gasteiger partial charge in [0.2, 0.25) is 0 Å². The van der Waals surface area contributed by atoms with Gasteiger partial charge < -0.3 is 14.6 Å². The summed E-state index contributed by atoms with van der Waals surface area (Å²) in [4.78, 5) is 6.26. The Labute approximate surface area is 195 Å². The molecule has 0 saturated carbocycles. The molecule has 0 unspecified atom stereocenters. The third kappa shape index (κ3) is 3.66. The molecule has 5 rings (SSSR count). The van der Waals surface area contributed by atoms with Crippen molar-refractivity contribution in [2.24, 2.45) is 0 Å². The van der Waals surface area contributed by atoms with Gasteiger partial charge in [-0.05, 0) is 67.2 Å². The quantitative estimate of drug-likeness (QED) is 0.344. The van der Waals surface area contributed by atoms with E-state index in [9.17, 15) is 4.39 Å². The van der Waals surface area contributed by atoms with Crippen LogP contribution in [0.1, 0.15) is 29.1 Å². The highest BCUT2D eigenvalue weighted by Gasteiger charge is 2.43. The minimum absolute atomic E-state index is 0.316. The Morgan fingerprint density at radius 2 is 1.88 bits per heavy atom. The lowest BCUT2D eigenvalue weighted by Gasteiger charge is -2.26. The number of nitrogens with one attached hydrogen (secondary N) is 1. The number of aryl methyl sites for hydroxylation is 1. The number of nitrogens with zero attached hydrogens (tertiary/aromatic N) is 2. The molecule has 0 bridgehead atoms. The van der Waals surface area contributed by atoms with Gasteiger partial charge in [0.05, 0.1) is 17.4 Å². The minimum Gasteiger partial charge on any atom is -0.459 e. The van der Waals surface area contributed by atoms with E-state index in [2.05, 4.69) is 10.3 Å². The summed E-state index contributed by atoms with van der Waals surface area (Å²) in [6.45, 7) is 1.95. The molecule has 1 fully saturated rings. The number of benzene rings is 2. The number of hydrogen-bond donors (Lipinski definition) is 1. The van der Waals surface area contributed by atoms with Crippen LogP contribution in [0.2, 0.25) is 5.02 Å². The lowest BCUT2D eigenvalue weighted by atomic mass is 10.0. The van der Waals surface area contributed by atoms with Crippen molar-refractivity contribution in [1.82, 2.24) is 10.3 Å². The van der Waals surface area contributed by atoms with Crippen LogP contribution in [0.15, 0.2) is 83.4 Å². The van der Waals surface area contributed by atoms with E-state index in [1.165, 1.54) is 6.07 Å². The van der Waals surface area contributed by atoms with Gasteiger partial charge in [-0.2, -0.15) is 0 Å². The number of furan rings is 1. The van der Waals surface area contributed by atoms with Gasteiger partial charge in [-0.3, -0.25) is 4.98 Å². The Bertz CT molecular complexity index is 1290. The third-order valence-corrected chi connectivity index (χ3v) is 6.31. The minimum atomic E-state index is -0.427. The van der Waals surface area contributed by atoms with Crippen LogP contribution in [0, 0.1) is 12.7 Å². The second-order valence-electron chi connectivity index (χ2n) is 7.61. The van der Waals surface area contributed by atoms with Crippen LogP contribution in [-0.4, -0.2) is 10.1 Å². The lowest BCUT2D eigenvalue weighted by Crippen LogP contribution is -2.30. The predicted octanol–water partition coefficient (Wildman–Crippen LogP) is 6.62. The van der Waals surface area contributed by atoms with Gasteiger partial charge in [0.25, 0.3) is 0 Å². The van der Waals surface area contributed by atoms with Gasteiger partial charge in [0.1, 0.15) is 23.4 Å². The first-order valence-electron chi connectivity index (χ1n) is 10.1. The van der Waals surface area contributed by atoms with E-state index in [0.717, 1.165) is 16.8 Å². The van der Waals surface area contributed by atoms with Crippen LogP contribution in [0.3, 0.4) is 0 Å². The van der Waals surface area contributed by atoms with Crippen LogP contribution in [0.5, 0.6) is 0 Å². The maximum Gasteiger partial charge on any atom is 0.174 e. The van der Waals surface area contributed by atoms with Crippen molar-refractivity contribution in [3.63, 3.8) is 0 Å². The largest absolute Gasteiger partial charge is 0.459 e. The SMILES string of the molecule is Cc1ccc(-c2ccc([C@H]3[C@H](c4ccccn4)NC(=S)N3c3ccccc3F)o2)cc1Cl. The maximum absolute atomic E-state index is 14.8. The second kappa shape index (κ2) is 8.37. The zero-order valence-electron chi connectivity index (χ0n) is 17.1. The van der Waals surface area contributed by atoms with E-state index in [1.807, 2.05) is 55.5 Å². The number of para-hydroxylation sites is 1. The molecule has 2 aromatic heterocycles. The fourth-order valence-electron chi connectivity index (χ4n) is 3.96. The Morgan fingerprint density at radius 3 is 2.62 bits per heavy atom. The van der Waals surface area contributed by atoms with Crippen molar-refractivity contribution in [2.75, 3.05) is 4.90 Å². The molecule has 0 radical (unpaired) electrons. The van der Waals surface area contributed by atoms with Crippen molar-refractivity contribution in [1.29, 1.82) is 0 Å². The first kappa shape index (κ1) is 20.7. The summed E-state index contributed by atoms with van der Waals surface area (Å²) in [5, 5.41) is 4.39. The summed E-state index contributed by atoms with van der Waals surface area (Å²) in [5.74, 6) is 0.955. The molecule has 7 heteroatoms. The molecule has 0 spiro atoms.